The van der Waals surface area contributed by atoms with E-state index in [9.17, 15) is 14.4 Å². The Morgan fingerprint density at radius 1 is 0.818 bits per heavy atom. The van der Waals surface area contributed by atoms with Crippen molar-refractivity contribution in [2.45, 2.75) is 13.5 Å². The first-order valence-corrected chi connectivity index (χ1v) is 10.3. The van der Waals surface area contributed by atoms with Crippen LogP contribution in [0.25, 0.3) is 0 Å². The van der Waals surface area contributed by atoms with Gasteiger partial charge in [0.25, 0.3) is 11.8 Å². The molecule has 0 fully saturated rings. The van der Waals surface area contributed by atoms with Crippen molar-refractivity contribution in [3.63, 3.8) is 0 Å². The summed E-state index contributed by atoms with van der Waals surface area (Å²) < 4.78 is 15.1. The molecule has 0 unspecified atom stereocenters. The molecule has 0 aliphatic carbocycles. The van der Waals surface area contributed by atoms with Gasteiger partial charge >= 0.3 is 6.16 Å². The fourth-order valence-electron chi connectivity index (χ4n) is 2.77. The molecule has 8 nitrogen and oxygen atoms in total. The van der Waals surface area contributed by atoms with Crippen LogP contribution < -0.4 is 20.1 Å². The van der Waals surface area contributed by atoms with Crippen molar-refractivity contribution in [2.75, 3.05) is 18.5 Å². The van der Waals surface area contributed by atoms with Crippen LogP contribution in [0.15, 0.2) is 78.9 Å². The van der Waals surface area contributed by atoms with Crippen LogP contribution in [0.3, 0.4) is 0 Å². The number of para-hydroxylation sites is 1. The number of hydrogen-bond donors (Lipinski definition) is 2. The first-order chi connectivity index (χ1) is 16.0. The van der Waals surface area contributed by atoms with Gasteiger partial charge in [0, 0.05) is 17.8 Å². The molecule has 0 spiro atoms. The Bertz CT molecular complexity index is 1070. The number of ether oxygens (including phenoxy) is 3. The van der Waals surface area contributed by atoms with Gasteiger partial charge in [-0.3, -0.25) is 9.59 Å². The van der Waals surface area contributed by atoms with Gasteiger partial charge in [-0.05, 0) is 61.0 Å². The molecular formula is C25H24N2O6. The molecule has 0 aromatic heterocycles. The summed E-state index contributed by atoms with van der Waals surface area (Å²) in [5.74, 6) is 0.375. The summed E-state index contributed by atoms with van der Waals surface area (Å²) in [5, 5.41) is 5.58. The summed E-state index contributed by atoms with van der Waals surface area (Å²) in [5.41, 5.74) is 1.92. The number of nitrogens with one attached hydrogen (secondary N) is 2. The van der Waals surface area contributed by atoms with Crippen LogP contribution >= 0.6 is 0 Å². The normalized spacial score (nSPS) is 10.1. The van der Waals surface area contributed by atoms with E-state index in [4.69, 9.17) is 14.2 Å². The minimum atomic E-state index is -0.793. The van der Waals surface area contributed by atoms with Gasteiger partial charge in [0.1, 0.15) is 11.5 Å². The number of carbonyl (C=O) groups is 3. The summed E-state index contributed by atoms with van der Waals surface area (Å²) in [6.07, 6.45) is -0.793. The van der Waals surface area contributed by atoms with Crippen LogP contribution in [-0.4, -0.2) is 31.2 Å². The van der Waals surface area contributed by atoms with Gasteiger partial charge < -0.3 is 24.8 Å². The van der Waals surface area contributed by atoms with Gasteiger partial charge in [-0.2, -0.15) is 0 Å². The summed E-state index contributed by atoms with van der Waals surface area (Å²) in [6, 6.07) is 22.4. The van der Waals surface area contributed by atoms with E-state index in [2.05, 4.69) is 10.6 Å². The zero-order valence-corrected chi connectivity index (χ0v) is 18.1. The molecule has 0 heterocycles. The second-order valence-corrected chi connectivity index (χ2v) is 6.84. The number of benzene rings is 3. The molecule has 0 atom stereocenters. The highest BCUT2D eigenvalue weighted by Crippen LogP contribution is 2.14. The minimum absolute atomic E-state index is 0.0918. The Morgan fingerprint density at radius 2 is 1.52 bits per heavy atom. The van der Waals surface area contributed by atoms with E-state index in [-0.39, 0.29) is 30.8 Å². The third-order valence-corrected chi connectivity index (χ3v) is 4.38. The van der Waals surface area contributed by atoms with Crippen molar-refractivity contribution >= 4 is 23.7 Å². The Hall–Kier alpha value is -4.33. The molecule has 8 heteroatoms. The molecular weight excluding hydrogens is 424 g/mol. The maximum Gasteiger partial charge on any atom is 0.513 e. The number of hydrogen-bond acceptors (Lipinski definition) is 6. The van der Waals surface area contributed by atoms with E-state index < -0.39 is 6.16 Å². The van der Waals surface area contributed by atoms with Crippen LogP contribution in [0.5, 0.6) is 11.5 Å². The smallest absolute Gasteiger partial charge is 0.484 e. The predicted octanol–water partition coefficient (Wildman–Crippen LogP) is 4.17. The number of rotatable bonds is 9. The van der Waals surface area contributed by atoms with Crippen molar-refractivity contribution < 1.29 is 28.6 Å². The fourth-order valence-corrected chi connectivity index (χ4v) is 2.77. The van der Waals surface area contributed by atoms with Gasteiger partial charge in [-0.15, -0.1) is 0 Å². The number of carbonyl (C=O) groups excluding carboxylic acids is 3. The van der Waals surface area contributed by atoms with Crippen LogP contribution in [0, 0.1) is 0 Å². The Labute approximate surface area is 191 Å². The molecule has 3 aromatic rings. The molecule has 0 bridgehead atoms. The van der Waals surface area contributed by atoms with E-state index in [1.54, 1.807) is 43.3 Å². The Kier molecular flexibility index (Phi) is 8.41. The maximum absolute atomic E-state index is 12.3. The molecule has 2 N–H and O–H groups in total. The lowest BCUT2D eigenvalue weighted by Gasteiger charge is -2.09. The molecule has 0 aliphatic heterocycles. The van der Waals surface area contributed by atoms with Crippen LogP contribution in [0.1, 0.15) is 22.8 Å². The van der Waals surface area contributed by atoms with Crippen LogP contribution in [0.2, 0.25) is 0 Å². The van der Waals surface area contributed by atoms with Gasteiger partial charge in [-0.25, -0.2) is 4.79 Å². The summed E-state index contributed by atoms with van der Waals surface area (Å²) in [4.78, 5) is 35.7. The highest BCUT2D eigenvalue weighted by molar-refractivity contribution is 5.94. The van der Waals surface area contributed by atoms with Crippen molar-refractivity contribution in [3.8, 4) is 11.5 Å². The van der Waals surface area contributed by atoms with E-state index in [0.717, 1.165) is 5.56 Å². The monoisotopic (exact) mass is 448 g/mol. The second-order valence-electron chi connectivity index (χ2n) is 6.84. The summed E-state index contributed by atoms with van der Waals surface area (Å²) in [7, 11) is 0. The summed E-state index contributed by atoms with van der Waals surface area (Å²) >= 11 is 0. The zero-order valence-electron chi connectivity index (χ0n) is 18.1. The SMILES string of the molecule is CCOC(=O)Oc1ccc(C(=O)NCc2ccc(NC(=O)COc3ccccc3)cc2)cc1. The van der Waals surface area contributed by atoms with Crippen molar-refractivity contribution in [1.82, 2.24) is 5.32 Å². The topological polar surface area (TPSA) is 103 Å². The lowest BCUT2D eigenvalue weighted by Crippen LogP contribution is -2.23. The first-order valence-electron chi connectivity index (χ1n) is 10.3. The molecule has 170 valence electrons. The summed E-state index contributed by atoms with van der Waals surface area (Å²) in [6.45, 7) is 2.12. The van der Waals surface area contributed by atoms with Gasteiger partial charge in [0.05, 0.1) is 6.61 Å². The fraction of sp³-hybridized carbons (Fsp3) is 0.160. The molecule has 0 radical (unpaired) electrons. The largest absolute Gasteiger partial charge is 0.513 e. The number of amides is 2. The molecule has 0 saturated heterocycles. The third-order valence-electron chi connectivity index (χ3n) is 4.38. The maximum atomic E-state index is 12.3. The highest BCUT2D eigenvalue weighted by atomic mass is 16.7. The average molecular weight is 448 g/mol. The van der Waals surface area contributed by atoms with E-state index in [1.807, 2.05) is 30.3 Å². The quantitative estimate of drug-likeness (QED) is 0.376. The van der Waals surface area contributed by atoms with E-state index in [1.165, 1.54) is 12.1 Å². The predicted molar refractivity (Wildman–Crippen MR) is 122 cm³/mol. The molecule has 3 rings (SSSR count). The molecule has 3 aromatic carbocycles. The van der Waals surface area contributed by atoms with Gasteiger partial charge in [0.15, 0.2) is 6.61 Å². The molecule has 0 saturated carbocycles. The number of anilines is 1. The Morgan fingerprint density at radius 3 is 2.18 bits per heavy atom. The zero-order chi connectivity index (χ0) is 23.5. The molecule has 0 aliphatic rings. The van der Waals surface area contributed by atoms with Crippen molar-refractivity contribution in [2.24, 2.45) is 0 Å². The second kappa shape index (κ2) is 11.9. The van der Waals surface area contributed by atoms with Crippen LogP contribution in [-0.2, 0) is 16.1 Å². The Balaban J connectivity index is 1.43. The third kappa shape index (κ3) is 7.70. The lowest BCUT2D eigenvalue weighted by molar-refractivity contribution is -0.118. The van der Waals surface area contributed by atoms with Gasteiger partial charge in [-0.1, -0.05) is 30.3 Å². The highest BCUT2D eigenvalue weighted by Gasteiger charge is 2.09. The lowest BCUT2D eigenvalue weighted by atomic mass is 10.1. The molecule has 2 amide bonds. The van der Waals surface area contributed by atoms with Crippen molar-refractivity contribution in [1.29, 1.82) is 0 Å². The molecule has 33 heavy (non-hydrogen) atoms. The minimum Gasteiger partial charge on any atom is -0.484 e. The standard InChI is InChI=1S/C25H24N2O6/c1-2-31-25(30)33-22-14-10-19(11-15-22)24(29)26-16-18-8-12-20(13-9-18)27-23(28)17-32-21-6-4-3-5-7-21/h3-15H,2,16-17H2,1H3,(H,26,29)(H,27,28). The first kappa shape index (κ1) is 23.3. The van der Waals surface area contributed by atoms with E-state index >= 15 is 0 Å². The van der Waals surface area contributed by atoms with Crippen molar-refractivity contribution in [3.05, 3.63) is 90.0 Å². The van der Waals surface area contributed by atoms with E-state index in [0.29, 0.717) is 23.5 Å². The van der Waals surface area contributed by atoms with Gasteiger partial charge in [0.2, 0.25) is 0 Å². The average Bonchev–Trinajstić information content (AvgIpc) is 2.83. The van der Waals surface area contributed by atoms with Crippen LogP contribution in [0.4, 0.5) is 10.5 Å².